The molecule has 2 heterocycles. The molecular weight excluding hydrogens is 214 g/mol. The second-order valence-electron chi connectivity index (χ2n) is 3.93. The largest absolute Gasteiger partial charge is 0.384 e. The summed E-state index contributed by atoms with van der Waals surface area (Å²) in [6.45, 7) is 1.51. The molecule has 2 rings (SSSR count). The third kappa shape index (κ3) is 3.49. The van der Waals surface area contributed by atoms with Crippen LogP contribution < -0.4 is 5.73 Å². The average molecular weight is 229 g/mol. The number of nitrogen functional groups attached to an aromatic ring is 1. The van der Waals surface area contributed by atoms with Crippen LogP contribution in [0.15, 0.2) is 36.8 Å². The minimum absolute atomic E-state index is 0.507. The number of pyridine rings is 1. The molecule has 0 atom stereocenters. The van der Waals surface area contributed by atoms with Crippen molar-refractivity contribution in [2.24, 2.45) is 0 Å². The molecule has 0 saturated heterocycles. The Morgan fingerprint density at radius 2 is 1.88 bits per heavy atom. The van der Waals surface area contributed by atoms with Gasteiger partial charge in [-0.25, -0.2) is 9.97 Å². The van der Waals surface area contributed by atoms with Gasteiger partial charge in [0.25, 0.3) is 0 Å². The normalized spacial score (nSPS) is 10.7. The smallest absolute Gasteiger partial charge is 0.144 e. The minimum atomic E-state index is 0.507. The maximum absolute atomic E-state index is 5.61. The summed E-state index contributed by atoms with van der Waals surface area (Å²) in [7, 11) is 2.02. The predicted octanol–water partition coefficient (Wildman–Crippen LogP) is 1.09. The number of aromatic nitrogens is 3. The Balaban J connectivity index is 1.96. The third-order valence-electron chi connectivity index (χ3n) is 2.34. The van der Waals surface area contributed by atoms with Crippen LogP contribution in [-0.4, -0.2) is 26.9 Å². The monoisotopic (exact) mass is 229 g/mol. The van der Waals surface area contributed by atoms with Crippen molar-refractivity contribution in [1.29, 1.82) is 0 Å². The Bertz CT molecular complexity index is 471. The van der Waals surface area contributed by atoms with Crippen LogP contribution in [0.2, 0.25) is 0 Å². The first kappa shape index (κ1) is 11.5. The molecule has 0 radical (unpaired) electrons. The van der Waals surface area contributed by atoms with Crippen molar-refractivity contribution in [3.05, 3.63) is 48.2 Å². The van der Waals surface area contributed by atoms with E-state index >= 15 is 0 Å². The highest BCUT2D eigenvalue weighted by Gasteiger charge is 2.04. The van der Waals surface area contributed by atoms with E-state index in [4.69, 9.17) is 5.73 Å². The first-order valence-corrected chi connectivity index (χ1v) is 5.39. The summed E-state index contributed by atoms with van der Waals surface area (Å²) in [6, 6.07) is 5.68. The fraction of sp³-hybridized carbons (Fsp3) is 0.250. The molecule has 17 heavy (non-hydrogen) atoms. The van der Waals surface area contributed by atoms with Crippen LogP contribution in [0, 0.1) is 0 Å². The number of hydrogen-bond donors (Lipinski definition) is 1. The predicted molar refractivity (Wildman–Crippen MR) is 65.9 cm³/mol. The number of rotatable bonds is 4. The molecule has 0 unspecified atom stereocenters. The van der Waals surface area contributed by atoms with E-state index in [2.05, 4.69) is 19.9 Å². The third-order valence-corrected chi connectivity index (χ3v) is 2.34. The maximum atomic E-state index is 5.61. The maximum Gasteiger partial charge on any atom is 0.144 e. The lowest BCUT2D eigenvalue weighted by atomic mass is 10.2. The Morgan fingerprint density at radius 3 is 2.59 bits per heavy atom. The van der Waals surface area contributed by atoms with Gasteiger partial charge in [-0.2, -0.15) is 0 Å². The molecule has 0 saturated carbocycles. The Hall–Kier alpha value is -2.01. The first-order chi connectivity index (χ1) is 8.24. The highest BCUT2D eigenvalue weighted by Crippen LogP contribution is 2.05. The Labute approximate surface area is 100 Å². The minimum Gasteiger partial charge on any atom is -0.384 e. The van der Waals surface area contributed by atoms with E-state index in [9.17, 15) is 0 Å². The zero-order chi connectivity index (χ0) is 12.1. The lowest BCUT2D eigenvalue weighted by Gasteiger charge is -2.15. The van der Waals surface area contributed by atoms with Crippen LogP contribution in [0.5, 0.6) is 0 Å². The van der Waals surface area contributed by atoms with Crippen molar-refractivity contribution in [2.75, 3.05) is 12.8 Å². The molecule has 5 nitrogen and oxygen atoms in total. The van der Waals surface area contributed by atoms with Gasteiger partial charge in [-0.05, 0) is 30.8 Å². The molecule has 88 valence electrons. The van der Waals surface area contributed by atoms with E-state index in [0.29, 0.717) is 12.4 Å². The van der Waals surface area contributed by atoms with E-state index in [1.54, 1.807) is 24.7 Å². The SMILES string of the molecule is CN(Cc1ccncc1)Cc1nccc(N)n1. The average Bonchev–Trinajstić information content (AvgIpc) is 2.30. The van der Waals surface area contributed by atoms with Crippen molar-refractivity contribution in [1.82, 2.24) is 19.9 Å². The second kappa shape index (κ2) is 5.36. The molecule has 2 N–H and O–H groups in total. The molecule has 2 aromatic rings. The zero-order valence-electron chi connectivity index (χ0n) is 9.74. The molecule has 0 aliphatic rings. The molecular formula is C12H15N5. The summed E-state index contributed by atoms with van der Waals surface area (Å²) in [6.07, 6.45) is 5.26. The van der Waals surface area contributed by atoms with Crippen LogP contribution in [0.3, 0.4) is 0 Å². The van der Waals surface area contributed by atoms with E-state index < -0.39 is 0 Å². The molecule has 0 aliphatic heterocycles. The van der Waals surface area contributed by atoms with Crippen LogP contribution >= 0.6 is 0 Å². The summed E-state index contributed by atoms with van der Waals surface area (Å²) in [5.74, 6) is 1.24. The van der Waals surface area contributed by atoms with Gasteiger partial charge >= 0.3 is 0 Å². The number of nitrogens with two attached hydrogens (primary N) is 1. The highest BCUT2D eigenvalue weighted by molar-refractivity contribution is 5.25. The van der Waals surface area contributed by atoms with Crippen LogP contribution in [-0.2, 0) is 13.1 Å². The topological polar surface area (TPSA) is 67.9 Å². The number of hydrogen-bond acceptors (Lipinski definition) is 5. The van der Waals surface area contributed by atoms with Gasteiger partial charge in [0.1, 0.15) is 11.6 Å². The van der Waals surface area contributed by atoms with Crippen LogP contribution in [0.1, 0.15) is 11.4 Å². The molecule has 5 heteroatoms. The van der Waals surface area contributed by atoms with Crippen molar-refractivity contribution < 1.29 is 0 Å². The molecule has 0 fully saturated rings. The van der Waals surface area contributed by atoms with Crippen molar-refractivity contribution >= 4 is 5.82 Å². The Kier molecular flexibility index (Phi) is 3.62. The summed E-state index contributed by atoms with van der Waals surface area (Å²) in [5.41, 5.74) is 6.82. The van der Waals surface area contributed by atoms with Gasteiger partial charge in [0, 0.05) is 25.1 Å². The number of anilines is 1. The van der Waals surface area contributed by atoms with Gasteiger partial charge in [-0.1, -0.05) is 0 Å². The van der Waals surface area contributed by atoms with Gasteiger partial charge in [0.05, 0.1) is 6.54 Å². The first-order valence-electron chi connectivity index (χ1n) is 5.39. The van der Waals surface area contributed by atoms with Gasteiger partial charge in [0.15, 0.2) is 0 Å². The van der Waals surface area contributed by atoms with Crippen LogP contribution in [0.4, 0.5) is 5.82 Å². The van der Waals surface area contributed by atoms with Gasteiger partial charge in [-0.15, -0.1) is 0 Å². The molecule has 0 aromatic carbocycles. The lowest BCUT2D eigenvalue weighted by molar-refractivity contribution is 0.310. The van der Waals surface area contributed by atoms with Gasteiger partial charge in [-0.3, -0.25) is 9.88 Å². The van der Waals surface area contributed by atoms with E-state index in [1.807, 2.05) is 19.2 Å². The van der Waals surface area contributed by atoms with Crippen molar-refractivity contribution in [3.63, 3.8) is 0 Å². The molecule has 0 bridgehead atoms. The Morgan fingerprint density at radius 1 is 1.12 bits per heavy atom. The summed E-state index contributed by atoms with van der Waals surface area (Å²) < 4.78 is 0. The quantitative estimate of drug-likeness (QED) is 0.849. The van der Waals surface area contributed by atoms with E-state index in [0.717, 1.165) is 12.4 Å². The van der Waals surface area contributed by atoms with E-state index in [-0.39, 0.29) is 0 Å². The van der Waals surface area contributed by atoms with Crippen molar-refractivity contribution in [2.45, 2.75) is 13.1 Å². The zero-order valence-corrected chi connectivity index (χ0v) is 9.74. The van der Waals surface area contributed by atoms with Crippen LogP contribution in [0.25, 0.3) is 0 Å². The summed E-state index contributed by atoms with van der Waals surface area (Å²) >= 11 is 0. The van der Waals surface area contributed by atoms with E-state index in [1.165, 1.54) is 5.56 Å². The second-order valence-corrected chi connectivity index (χ2v) is 3.93. The lowest BCUT2D eigenvalue weighted by Crippen LogP contribution is -2.19. The fourth-order valence-corrected chi connectivity index (χ4v) is 1.59. The molecule has 0 aliphatic carbocycles. The summed E-state index contributed by atoms with van der Waals surface area (Å²) in [4.78, 5) is 14.5. The molecule has 0 amide bonds. The molecule has 2 aromatic heterocycles. The van der Waals surface area contributed by atoms with Gasteiger partial charge < -0.3 is 5.73 Å². The number of nitrogens with zero attached hydrogens (tertiary/aromatic N) is 4. The highest BCUT2D eigenvalue weighted by atomic mass is 15.1. The van der Waals surface area contributed by atoms with Crippen molar-refractivity contribution in [3.8, 4) is 0 Å². The standard InChI is InChI=1S/C12H15N5/c1-17(8-10-2-5-14-6-3-10)9-12-15-7-4-11(13)16-12/h2-7H,8-9H2,1H3,(H2,13,15,16). The fourth-order valence-electron chi connectivity index (χ4n) is 1.59. The van der Waals surface area contributed by atoms with Gasteiger partial charge in [0.2, 0.25) is 0 Å². The summed E-state index contributed by atoms with van der Waals surface area (Å²) in [5, 5.41) is 0. The molecule has 0 spiro atoms.